The summed E-state index contributed by atoms with van der Waals surface area (Å²) in [4.78, 5) is 11.3. The van der Waals surface area contributed by atoms with Crippen molar-refractivity contribution in [2.45, 2.75) is 0 Å². The van der Waals surface area contributed by atoms with Gasteiger partial charge in [-0.15, -0.1) is 0 Å². The molecule has 0 aromatic heterocycles. The molecular formula is C8H4Br2FIO. The summed E-state index contributed by atoms with van der Waals surface area (Å²) >= 11 is 8.00. The van der Waals surface area contributed by atoms with Gasteiger partial charge in [0.05, 0.1) is 10.9 Å². The van der Waals surface area contributed by atoms with Crippen LogP contribution < -0.4 is 0 Å². The molecule has 0 radical (unpaired) electrons. The van der Waals surface area contributed by atoms with Crippen LogP contribution in [0, 0.1) is 9.39 Å². The van der Waals surface area contributed by atoms with Crippen molar-refractivity contribution in [3.8, 4) is 0 Å². The molecule has 13 heavy (non-hydrogen) atoms. The molecule has 1 rings (SSSR count). The summed E-state index contributed by atoms with van der Waals surface area (Å²) in [5.74, 6) is -0.720. The molecule has 1 aromatic carbocycles. The van der Waals surface area contributed by atoms with Crippen molar-refractivity contribution in [1.29, 1.82) is 0 Å². The van der Waals surface area contributed by atoms with Crippen molar-refractivity contribution in [2.24, 2.45) is 0 Å². The molecule has 0 saturated heterocycles. The van der Waals surface area contributed by atoms with Crippen molar-refractivity contribution >= 4 is 60.2 Å². The Hall–Kier alpha value is 0.510. The number of hydrogen-bond donors (Lipinski definition) is 0. The van der Waals surface area contributed by atoms with E-state index < -0.39 is 5.82 Å². The fraction of sp³-hybridized carbons (Fsp3) is 0.125. The number of ketones is 1. The normalized spacial score (nSPS) is 10.2. The molecule has 0 amide bonds. The van der Waals surface area contributed by atoms with Crippen molar-refractivity contribution in [3.63, 3.8) is 0 Å². The van der Waals surface area contributed by atoms with Crippen LogP contribution in [0.4, 0.5) is 4.39 Å². The number of carbonyl (C=O) groups excluding carboxylic acids is 1. The topological polar surface area (TPSA) is 17.1 Å². The third kappa shape index (κ3) is 2.50. The molecular weight excluding hydrogens is 418 g/mol. The summed E-state index contributed by atoms with van der Waals surface area (Å²) in [6.45, 7) is 0. The maximum atomic E-state index is 13.4. The number of hydrogen-bond acceptors (Lipinski definition) is 1. The van der Waals surface area contributed by atoms with E-state index in [1.807, 2.05) is 22.6 Å². The summed E-state index contributed by atoms with van der Waals surface area (Å²) in [6.07, 6.45) is 0. The number of benzene rings is 1. The zero-order chi connectivity index (χ0) is 10.0. The highest BCUT2D eigenvalue weighted by atomic mass is 127. The molecule has 0 aliphatic heterocycles. The highest BCUT2D eigenvalue weighted by molar-refractivity contribution is 14.1. The summed E-state index contributed by atoms with van der Waals surface area (Å²) < 4.78 is 14.4. The lowest BCUT2D eigenvalue weighted by Gasteiger charge is -2.04. The number of carbonyl (C=O) groups is 1. The second kappa shape index (κ2) is 4.84. The largest absolute Gasteiger partial charge is 0.293 e. The van der Waals surface area contributed by atoms with Crippen LogP contribution in [0.25, 0.3) is 0 Å². The first-order valence-electron chi connectivity index (χ1n) is 3.30. The zero-order valence-electron chi connectivity index (χ0n) is 6.28. The SMILES string of the molecule is O=C(CBr)c1c(Br)ccc(I)c1F. The average Bonchev–Trinajstić information content (AvgIpc) is 2.12. The van der Waals surface area contributed by atoms with Gasteiger partial charge in [-0.2, -0.15) is 0 Å². The minimum Gasteiger partial charge on any atom is -0.293 e. The van der Waals surface area contributed by atoms with Crippen LogP contribution in [0.3, 0.4) is 0 Å². The minimum atomic E-state index is -0.459. The van der Waals surface area contributed by atoms with Crippen molar-refractivity contribution in [2.75, 3.05) is 5.33 Å². The first kappa shape index (κ1) is 11.6. The highest BCUT2D eigenvalue weighted by Crippen LogP contribution is 2.24. The Labute approximate surface area is 105 Å². The Morgan fingerprint density at radius 2 is 2.15 bits per heavy atom. The van der Waals surface area contributed by atoms with Crippen LogP contribution in [0.2, 0.25) is 0 Å². The number of halogens is 4. The van der Waals surface area contributed by atoms with Gasteiger partial charge in [-0.1, -0.05) is 15.9 Å². The van der Waals surface area contributed by atoms with Gasteiger partial charge in [-0.05, 0) is 50.7 Å². The van der Waals surface area contributed by atoms with E-state index in [1.165, 1.54) is 0 Å². The molecule has 0 aliphatic rings. The van der Waals surface area contributed by atoms with E-state index >= 15 is 0 Å². The van der Waals surface area contributed by atoms with Gasteiger partial charge >= 0.3 is 0 Å². The van der Waals surface area contributed by atoms with Crippen molar-refractivity contribution in [3.05, 3.63) is 31.6 Å². The third-order valence-electron chi connectivity index (χ3n) is 1.44. The van der Waals surface area contributed by atoms with Crippen LogP contribution >= 0.6 is 54.5 Å². The van der Waals surface area contributed by atoms with E-state index in [1.54, 1.807) is 12.1 Å². The van der Waals surface area contributed by atoms with E-state index in [4.69, 9.17) is 0 Å². The van der Waals surface area contributed by atoms with Gasteiger partial charge in [0, 0.05) is 8.04 Å². The molecule has 0 aliphatic carbocycles. The molecule has 1 aromatic rings. The quantitative estimate of drug-likeness (QED) is 0.307. The van der Waals surface area contributed by atoms with Crippen LogP contribution in [0.1, 0.15) is 10.4 Å². The Bertz CT molecular complexity index is 354. The lowest BCUT2D eigenvalue weighted by atomic mass is 10.1. The summed E-state index contributed by atoms with van der Waals surface area (Å²) in [5, 5.41) is 0.128. The number of rotatable bonds is 2. The van der Waals surface area contributed by atoms with Crippen LogP contribution in [0.15, 0.2) is 16.6 Å². The summed E-state index contributed by atoms with van der Waals surface area (Å²) in [5.41, 5.74) is 0.115. The lowest BCUT2D eigenvalue weighted by Crippen LogP contribution is -2.06. The van der Waals surface area contributed by atoms with E-state index in [0.717, 1.165) is 0 Å². The lowest BCUT2D eigenvalue weighted by molar-refractivity contribution is 0.101. The second-order valence-electron chi connectivity index (χ2n) is 2.27. The fourth-order valence-corrected chi connectivity index (χ4v) is 2.11. The molecule has 5 heteroatoms. The second-order valence-corrected chi connectivity index (χ2v) is 4.85. The van der Waals surface area contributed by atoms with Gasteiger partial charge in [0.25, 0.3) is 0 Å². The molecule has 0 N–H and O–H groups in total. The third-order valence-corrected chi connectivity index (χ3v) is 3.45. The zero-order valence-corrected chi connectivity index (χ0v) is 11.6. The maximum absolute atomic E-state index is 13.4. The molecule has 0 unspecified atom stereocenters. The van der Waals surface area contributed by atoms with Crippen molar-refractivity contribution < 1.29 is 9.18 Å². The predicted octanol–water partition coefficient (Wildman–Crippen LogP) is 3.77. The first-order valence-corrected chi connectivity index (χ1v) is 6.30. The Morgan fingerprint density at radius 3 is 2.69 bits per heavy atom. The predicted molar refractivity (Wildman–Crippen MR) is 64.9 cm³/mol. The molecule has 0 saturated carbocycles. The number of Topliss-reactive ketones (excluding diaryl/α,β-unsaturated/α-hetero) is 1. The molecule has 0 spiro atoms. The van der Waals surface area contributed by atoms with Crippen LogP contribution in [0.5, 0.6) is 0 Å². The summed E-state index contributed by atoms with van der Waals surface area (Å²) in [6, 6.07) is 3.28. The molecule has 0 heterocycles. The van der Waals surface area contributed by atoms with E-state index in [9.17, 15) is 9.18 Å². The van der Waals surface area contributed by atoms with Gasteiger partial charge in [0.2, 0.25) is 0 Å². The molecule has 70 valence electrons. The van der Waals surface area contributed by atoms with Gasteiger partial charge < -0.3 is 0 Å². The van der Waals surface area contributed by atoms with Gasteiger partial charge in [-0.25, -0.2) is 4.39 Å². The fourth-order valence-electron chi connectivity index (χ4n) is 0.849. The Morgan fingerprint density at radius 1 is 1.54 bits per heavy atom. The molecule has 0 atom stereocenters. The average molecular weight is 422 g/mol. The minimum absolute atomic E-state index is 0.115. The highest BCUT2D eigenvalue weighted by Gasteiger charge is 2.16. The summed E-state index contributed by atoms with van der Waals surface area (Å²) in [7, 11) is 0. The molecule has 1 nitrogen and oxygen atoms in total. The monoisotopic (exact) mass is 420 g/mol. The number of alkyl halides is 1. The Kier molecular flexibility index (Phi) is 4.31. The van der Waals surface area contributed by atoms with Crippen LogP contribution in [-0.2, 0) is 0 Å². The smallest absolute Gasteiger partial charge is 0.177 e. The maximum Gasteiger partial charge on any atom is 0.177 e. The van der Waals surface area contributed by atoms with Gasteiger partial charge in [-0.3, -0.25) is 4.79 Å². The van der Waals surface area contributed by atoms with Crippen LogP contribution in [-0.4, -0.2) is 11.1 Å². The standard InChI is InChI=1S/C8H4Br2FIO/c9-3-6(13)7-4(10)1-2-5(12)8(7)11/h1-2H,3H2. The molecule has 0 bridgehead atoms. The molecule has 0 fully saturated rings. The van der Waals surface area contributed by atoms with Gasteiger partial charge in [0.1, 0.15) is 5.82 Å². The van der Waals surface area contributed by atoms with Gasteiger partial charge in [0.15, 0.2) is 5.78 Å². The van der Waals surface area contributed by atoms with Crippen molar-refractivity contribution in [1.82, 2.24) is 0 Å². The van der Waals surface area contributed by atoms with E-state index in [2.05, 4.69) is 31.9 Å². The van der Waals surface area contributed by atoms with E-state index in [-0.39, 0.29) is 16.7 Å². The first-order chi connectivity index (χ1) is 6.07. The van der Waals surface area contributed by atoms with E-state index in [0.29, 0.717) is 8.04 Å². The Balaban J connectivity index is 3.33.